The van der Waals surface area contributed by atoms with Gasteiger partial charge in [0.2, 0.25) is 21.8 Å². The largest absolute Gasteiger partial charge is 0.378 e. The molecule has 0 atom stereocenters. The van der Waals surface area contributed by atoms with Gasteiger partial charge >= 0.3 is 0 Å². The van der Waals surface area contributed by atoms with Gasteiger partial charge in [0.1, 0.15) is 5.82 Å². The molecule has 2 heterocycles. The van der Waals surface area contributed by atoms with Crippen molar-refractivity contribution in [3.8, 4) is 0 Å². The molecule has 0 aliphatic carbocycles. The summed E-state index contributed by atoms with van der Waals surface area (Å²) in [5.41, 5.74) is 0. The van der Waals surface area contributed by atoms with Crippen molar-refractivity contribution in [1.29, 1.82) is 0 Å². The van der Waals surface area contributed by atoms with Crippen LogP contribution in [0.3, 0.4) is 0 Å². The summed E-state index contributed by atoms with van der Waals surface area (Å²) in [6.07, 6.45) is 2.47. The molecule has 0 bridgehead atoms. The van der Waals surface area contributed by atoms with Gasteiger partial charge in [-0.1, -0.05) is 0 Å². The third-order valence-electron chi connectivity index (χ3n) is 4.69. The van der Waals surface area contributed by atoms with E-state index >= 15 is 0 Å². The number of carbonyl (C=O) groups excluding carboxylic acids is 2. The van der Waals surface area contributed by atoms with Crippen LogP contribution in [0.25, 0.3) is 0 Å². The first-order valence-corrected chi connectivity index (χ1v) is 10.4. The highest BCUT2D eigenvalue weighted by atomic mass is 32.2. The highest BCUT2D eigenvalue weighted by Crippen LogP contribution is 2.18. The average molecular weight is 411 g/mol. The van der Waals surface area contributed by atoms with Crippen molar-refractivity contribution in [2.24, 2.45) is 0 Å². The fraction of sp³-hybridized carbons (Fsp3) is 0.444. The monoisotopic (exact) mass is 411 g/mol. The SMILES string of the molecule is O=C(C=CC(=O)N1CCN(S(=O)(=O)c2ccc(F)cc2)CC1)N1CCOCC1. The van der Waals surface area contributed by atoms with Crippen LogP contribution < -0.4 is 0 Å². The highest BCUT2D eigenvalue weighted by Gasteiger charge is 2.29. The minimum Gasteiger partial charge on any atom is -0.378 e. The Morgan fingerprint density at radius 1 is 0.857 bits per heavy atom. The summed E-state index contributed by atoms with van der Waals surface area (Å²) in [5, 5.41) is 0. The standard InChI is InChI=1S/C18H22FN3O5S/c19-15-1-3-16(4-2-15)28(25,26)22-9-7-20(8-10-22)17(23)5-6-18(24)21-11-13-27-14-12-21/h1-6H,7-14H2. The third kappa shape index (κ3) is 4.75. The van der Waals surface area contributed by atoms with Gasteiger partial charge < -0.3 is 14.5 Å². The Bertz CT molecular complexity index is 842. The third-order valence-corrected chi connectivity index (χ3v) is 6.61. The quantitative estimate of drug-likeness (QED) is 0.655. The number of benzene rings is 1. The summed E-state index contributed by atoms with van der Waals surface area (Å²) >= 11 is 0. The summed E-state index contributed by atoms with van der Waals surface area (Å²) in [4.78, 5) is 27.5. The summed E-state index contributed by atoms with van der Waals surface area (Å²) in [6, 6.07) is 4.65. The lowest BCUT2D eigenvalue weighted by Crippen LogP contribution is -2.50. The predicted octanol–water partition coefficient (Wildman–Crippen LogP) is 0.0736. The van der Waals surface area contributed by atoms with Gasteiger partial charge in [-0.25, -0.2) is 12.8 Å². The number of hydrogen-bond acceptors (Lipinski definition) is 5. The Kier molecular flexibility index (Phi) is 6.42. The van der Waals surface area contributed by atoms with Crippen LogP contribution in [-0.4, -0.2) is 86.8 Å². The van der Waals surface area contributed by atoms with Crippen molar-refractivity contribution in [1.82, 2.24) is 14.1 Å². The van der Waals surface area contributed by atoms with Gasteiger partial charge in [0.05, 0.1) is 18.1 Å². The van der Waals surface area contributed by atoms with E-state index in [0.29, 0.717) is 26.3 Å². The topological polar surface area (TPSA) is 87.2 Å². The van der Waals surface area contributed by atoms with Crippen LogP contribution >= 0.6 is 0 Å². The van der Waals surface area contributed by atoms with Crippen molar-refractivity contribution >= 4 is 21.8 Å². The number of sulfonamides is 1. The Balaban J connectivity index is 1.54. The molecule has 1 aromatic carbocycles. The molecular formula is C18H22FN3O5S. The molecule has 2 aliphatic rings. The van der Waals surface area contributed by atoms with Gasteiger partial charge in [0.25, 0.3) is 0 Å². The highest BCUT2D eigenvalue weighted by molar-refractivity contribution is 7.89. The minimum atomic E-state index is -3.73. The number of ether oxygens (including phenoxy) is 1. The maximum atomic E-state index is 13.0. The molecule has 2 amide bonds. The van der Waals surface area contributed by atoms with Crippen LogP contribution in [-0.2, 0) is 24.3 Å². The van der Waals surface area contributed by atoms with Crippen molar-refractivity contribution in [3.63, 3.8) is 0 Å². The number of halogens is 1. The van der Waals surface area contributed by atoms with Gasteiger partial charge in [-0.3, -0.25) is 9.59 Å². The van der Waals surface area contributed by atoms with Crippen molar-refractivity contribution in [2.45, 2.75) is 4.90 Å². The van der Waals surface area contributed by atoms with Gasteiger partial charge in [-0.2, -0.15) is 4.31 Å². The van der Waals surface area contributed by atoms with Crippen LogP contribution in [0.5, 0.6) is 0 Å². The van der Waals surface area contributed by atoms with E-state index in [4.69, 9.17) is 4.74 Å². The molecule has 1 aromatic rings. The summed E-state index contributed by atoms with van der Waals surface area (Å²) < 4.78 is 44.6. The number of amides is 2. The molecular weight excluding hydrogens is 389 g/mol. The molecule has 8 nitrogen and oxygen atoms in total. The number of piperazine rings is 1. The van der Waals surface area contributed by atoms with Gasteiger partial charge in [0, 0.05) is 51.4 Å². The molecule has 0 radical (unpaired) electrons. The van der Waals surface area contributed by atoms with Crippen molar-refractivity contribution in [2.75, 3.05) is 52.5 Å². The predicted molar refractivity (Wildman–Crippen MR) is 98.3 cm³/mol. The minimum absolute atomic E-state index is 0.0182. The van der Waals surface area contributed by atoms with E-state index in [0.717, 1.165) is 12.1 Å². The smallest absolute Gasteiger partial charge is 0.246 e. The zero-order valence-corrected chi connectivity index (χ0v) is 16.1. The van der Waals surface area contributed by atoms with E-state index < -0.39 is 15.8 Å². The van der Waals surface area contributed by atoms with Crippen LogP contribution in [0, 0.1) is 5.82 Å². The van der Waals surface area contributed by atoms with E-state index in [-0.39, 0.29) is 42.9 Å². The number of hydrogen-bond donors (Lipinski definition) is 0. The summed E-state index contributed by atoms with van der Waals surface area (Å²) in [7, 11) is -3.73. The van der Waals surface area contributed by atoms with Crippen LogP contribution in [0.4, 0.5) is 4.39 Å². The van der Waals surface area contributed by atoms with Crippen LogP contribution in [0.1, 0.15) is 0 Å². The second-order valence-electron chi connectivity index (χ2n) is 6.45. The van der Waals surface area contributed by atoms with Crippen LogP contribution in [0.15, 0.2) is 41.3 Å². The molecule has 2 aliphatic heterocycles. The Hall–Kier alpha value is -2.30. The Morgan fingerprint density at radius 3 is 1.89 bits per heavy atom. The normalized spacial score (nSPS) is 19.2. The van der Waals surface area contributed by atoms with E-state index in [9.17, 15) is 22.4 Å². The molecule has 152 valence electrons. The first-order valence-electron chi connectivity index (χ1n) is 8.97. The molecule has 0 unspecified atom stereocenters. The molecule has 0 spiro atoms. The lowest BCUT2D eigenvalue weighted by Gasteiger charge is -2.33. The Morgan fingerprint density at radius 2 is 1.36 bits per heavy atom. The van der Waals surface area contributed by atoms with Crippen LogP contribution in [0.2, 0.25) is 0 Å². The zero-order valence-electron chi connectivity index (χ0n) is 15.3. The maximum Gasteiger partial charge on any atom is 0.246 e. The van der Waals surface area contributed by atoms with Crippen molar-refractivity contribution < 1.29 is 27.1 Å². The fourth-order valence-electron chi connectivity index (χ4n) is 3.04. The second-order valence-corrected chi connectivity index (χ2v) is 8.39. The first kappa shape index (κ1) is 20.4. The number of morpholine rings is 1. The average Bonchev–Trinajstić information content (AvgIpc) is 2.73. The molecule has 0 N–H and O–H groups in total. The van der Waals surface area contributed by atoms with Crippen molar-refractivity contribution in [3.05, 3.63) is 42.2 Å². The van der Waals surface area contributed by atoms with E-state index in [1.54, 1.807) is 4.90 Å². The summed E-state index contributed by atoms with van der Waals surface area (Å²) in [5.74, 6) is -1.08. The van der Waals surface area contributed by atoms with Gasteiger partial charge in [-0.15, -0.1) is 0 Å². The maximum absolute atomic E-state index is 13.0. The molecule has 3 rings (SSSR count). The molecule has 2 saturated heterocycles. The molecule has 10 heteroatoms. The molecule has 2 fully saturated rings. The zero-order chi connectivity index (χ0) is 20.1. The lowest BCUT2D eigenvalue weighted by atomic mass is 10.3. The molecule has 0 saturated carbocycles. The van der Waals surface area contributed by atoms with Gasteiger partial charge in [0.15, 0.2) is 0 Å². The van der Waals surface area contributed by atoms with Gasteiger partial charge in [-0.05, 0) is 24.3 Å². The number of nitrogens with zero attached hydrogens (tertiary/aromatic N) is 3. The molecule has 0 aromatic heterocycles. The molecule has 28 heavy (non-hydrogen) atoms. The van der Waals surface area contributed by atoms with E-state index in [2.05, 4.69) is 0 Å². The van der Waals surface area contributed by atoms with E-state index in [1.165, 1.54) is 33.5 Å². The summed E-state index contributed by atoms with van der Waals surface area (Å²) in [6.45, 7) is 2.67. The Labute approximate surface area is 163 Å². The number of carbonyl (C=O) groups is 2. The van der Waals surface area contributed by atoms with E-state index in [1.807, 2.05) is 0 Å². The first-order chi connectivity index (χ1) is 13.4. The lowest BCUT2D eigenvalue weighted by molar-refractivity contribution is -0.131. The number of rotatable bonds is 4. The second kappa shape index (κ2) is 8.80. The fourth-order valence-corrected chi connectivity index (χ4v) is 4.46.